The Morgan fingerprint density at radius 3 is 3.06 bits per heavy atom. The Morgan fingerprint density at radius 2 is 2.29 bits per heavy atom. The number of carbonyl (C=O) groups excluding carboxylic acids is 1. The van der Waals surface area contributed by atoms with Crippen molar-refractivity contribution in [3.63, 3.8) is 0 Å². The van der Waals surface area contributed by atoms with Crippen molar-refractivity contribution in [2.45, 2.75) is 52.6 Å². The van der Waals surface area contributed by atoms with Gasteiger partial charge in [0.1, 0.15) is 5.82 Å². The summed E-state index contributed by atoms with van der Waals surface area (Å²) in [5.74, 6) is 2.11. The fourth-order valence-electron chi connectivity index (χ4n) is 2.03. The summed E-state index contributed by atoms with van der Waals surface area (Å²) < 4.78 is 2.14. The number of carbonyl (C=O) groups is 1. The Balaban J connectivity index is 1.95. The average Bonchev–Trinajstić information content (AvgIpc) is 2.78. The monoisotopic (exact) mass is 236 g/mol. The molecular formula is C12H20N4O. The van der Waals surface area contributed by atoms with Gasteiger partial charge in [-0.05, 0) is 19.3 Å². The number of nitrogens with zero attached hydrogens (tertiary/aromatic N) is 3. The lowest BCUT2D eigenvalue weighted by atomic mass is 10.1. The normalized spacial score (nSPS) is 16.4. The standard InChI is InChI=1S/C12H20N4O/c1-3-9(2)12(17)13-8-11-15-14-10-6-4-5-7-16(10)11/h9H,3-8H2,1-2H3,(H,13,17)/t9-/m1/s1. The maximum Gasteiger partial charge on any atom is 0.223 e. The highest BCUT2D eigenvalue weighted by molar-refractivity contribution is 5.78. The smallest absolute Gasteiger partial charge is 0.223 e. The molecule has 5 heteroatoms. The first kappa shape index (κ1) is 12.1. The first-order valence-electron chi connectivity index (χ1n) is 6.41. The van der Waals surface area contributed by atoms with Crippen molar-refractivity contribution in [3.8, 4) is 0 Å². The van der Waals surface area contributed by atoms with E-state index in [0.29, 0.717) is 6.54 Å². The van der Waals surface area contributed by atoms with E-state index < -0.39 is 0 Å². The zero-order chi connectivity index (χ0) is 12.3. The van der Waals surface area contributed by atoms with Gasteiger partial charge in [-0.1, -0.05) is 13.8 Å². The zero-order valence-corrected chi connectivity index (χ0v) is 10.6. The molecule has 1 aromatic rings. The number of rotatable bonds is 4. The highest BCUT2D eigenvalue weighted by Crippen LogP contribution is 2.14. The molecule has 0 saturated carbocycles. The third-order valence-electron chi connectivity index (χ3n) is 3.42. The number of fused-ring (bicyclic) bond motifs is 1. The molecule has 0 aliphatic carbocycles. The van der Waals surface area contributed by atoms with Crippen LogP contribution >= 0.6 is 0 Å². The summed E-state index contributed by atoms with van der Waals surface area (Å²) in [6.07, 6.45) is 4.24. The van der Waals surface area contributed by atoms with E-state index in [1.807, 2.05) is 13.8 Å². The van der Waals surface area contributed by atoms with E-state index >= 15 is 0 Å². The predicted molar refractivity (Wildman–Crippen MR) is 64.3 cm³/mol. The fraction of sp³-hybridized carbons (Fsp3) is 0.750. The number of aromatic nitrogens is 3. The number of amides is 1. The second kappa shape index (κ2) is 5.29. The summed E-state index contributed by atoms with van der Waals surface area (Å²) >= 11 is 0. The van der Waals surface area contributed by atoms with Crippen molar-refractivity contribution < 1.29 is 4.79 Å². The Morgan fingerprint density at radius 1 is 1.47 bits per heavy atom. The Hall–Kier alpha value is -1.39. The van der Waals surface area contributed by atoms with Gasteiger partial charge < -0.3 is 9.88 Å². The van der Waals surface area contributed by atoms with Gasteiger partial charge in [-0.25, -0.2) is 0 Å². The van der Waals surface area contributed by atoms with Gasteiger partial charge >= 0.3 is 0 Å². The molecule has 0 bridgehead atoms. The molecule has 0 radical (unpaired) electrons. The first-order valence-corrected chi connectivity index (χ1v) is 6.41. The van der Waals surface area contributed by atoms with E-state index in [2.05, 4.69) is 20.1 Å². The van der Waals surface area contributed by atoms with Crippen LogP contribution in [0.4, 0.5) is 0 Å². The molecule has 94 valence electrons. The lowest BCUT2D eigenvalue weighted by molar-refractivity contribution is -0.124. The van der Waals surface area contributed by atoms with E-state index in [-0.39, 0.29) is 11.8 Å². The fourth-order valence-corrected chi connectivity index (χ4v) is 2.03. The largest absolute Gasteiger partial charge is 0.349 e. The minimum Gasteiger partial charge on any atom is -0.349 e. The molecule has 1 N–H and O–H groups in total. The molecule has 0 saturated heterocycles. The van der Waals surface area contributed by atoms with Crippen molar-refractivity contribution in [2.24, 2.45) is 5.92 Å². The summed E-state index contributed by atoms with van der Waals surface area (Å²) in [4.78, 5) is 11.7. The third kappa shape index (κ3) is 2.65. The van der Waals surface area contributed by atoms with Gasteiger partial charge in [-0.3, -0.25) is 4.79 Å². The molecule has 1 aliphatic heterocycles. The summed E-state index contributed by atoms with van der Waals surface area (Å²) in [5, 5.41) is 11.2. The third-order valence-corrected chi connectivity index (χ3v) is 3.42. The summed E-state index contributed by atoms with van der Waals surface area (Å²) in [7, 11) is 0. The molecule has 17 heavy (non-hydrogen) atoms. The van der Waals surface area contributed by atoms with Crippen molar-refractivity contribution >= 4 is 5.91 Å². The summed E-state index contributed by atoms with van der Waals surface area (Å²) in [6, 6.07) is 0. The van der Waals surface area contributed by atoms with E-state index in [9.17, 15) is 4.79 Å². The second-order valence-electron chi connectivity index (χ2n) is 4.67. The highest BCUT2D eigenvalue weighted by Gasteiger charge is 2.17. The Kier molecular flexibility index (Phi) is 3.76. The molecule has 0 spiro atoms. The van der Waals surface area contributed by atoms with Crippen molar-refractivity contribution in [1.29, 1.82) is 0 Å². The molecule has 1 amide bonds. The van der Waals surface area contributed by atoms with Crippen LogP contribution < -0.4 is 5.32 Å². The van der Waals surface area contributed by atoms with Crippen LogP contribution in [0.3, 0.4) is 0 Å². The van der Waals surface area contributed by atoms with E-state index in [1.54, 1.807) is 0 Å². The van der Waals surface area contributed by atoms with Gasteiger partial charge in [0.2, 0.25) is 5.91 Å². The van der Waals surface area contributed by atoms with E-state index in [1.165, 1.54) is 12.8 Å². The zero-order valence-electron chi connectivity index (χ0n) is 10.6. The van der Waals surface area contributed by atoms with Crippen molar-refractivity contribution in [1.82, 2.24) is 20.1 Å². The molecule has 1 atom stereocenters. The van der Waals surface area contributed by atoms with Crippen LogP contribution in [0.2, 0.25) is 0 Å². The molecule has 0 aromatic carbocycles. The molecule has 2 heterocycles. The maximum atomic E-state index is 11.7. The number of nitrogens with one attached hydrogen (secondary N) is 1. The highest BCUT2D eigenvalue weighted by atomic mass is 16.1. The maximum absolute atomic E-state index is 11.7. The minimum absolute atomic E-state index is 0.0683. The van der Waals surface area contributed by atoms with Gasteiger partial charge in [0, 0.05) is 18.9 Å². The lowest BCUT2D eigenvalue weighted by Gasteiger charge is -2.15. The summed E-state index contributed by atoms with van der Waals surface area (Å²) in [6.45, 7) is 5.44. The average molecular weight is 236 g/mol. The van der Waals surface area contributed by atoms with E-state index in [4.69, 9.17) is 0 Å². The predicted octanol–water partition coefficient (Wildman–Crippen LogP) is 1.28. The van der Waals surface area contributed by atoms with Crippen LogP contribution in [0.15, 0.2) is 0 Å². The van der Waals surface area contributed by atoms with Gasteiger partial charge in [-0.2, -0.15) is 0 Å². The molecule has 0 unspecified atom stereocenters. The van der Waals surface area contributed by atoms with Gasteiger partial charge in [0.25, 0.3) is 0 Å². The van der Waals surface area contributed by atoms with Gasteiger partial charge in [0.15, 0.2) is 5.82 Å². The van der Waals surface area contributed by atoms with Crippen LogP contribution in [0, 0.1) is 5.92 Å². The number of hydrogen-bond acceptors (Lipinski definition) is 3. The van der Waals surface area contributed by atoms with Crippen LogP contribution in [0.25, 0.3) is 0 Å². The number of hydrogen-bond donors (Lipinski definition) is 1. The van der Waals surface area contributed by atoms with Gasteiger partial charge in [0.05, 0.1) is 6.54 Å². The van der Waals surface area contributed by atoms with Crippen LogP contribution in [0.1, 0.15) is 44.8 Å². The van der Waals surface area contributed by atoms with Crippen molar-refractivity contribution in [2.75, 3.05) is 0 Å². The molecule has 2 rings (SSSR count). The molecule has 1 aliphatic rings. The topological polar surface area (TPSA) is 59.8 Å². The van der Waals surface area contributed by atoms with Crippen LogP contribution in [-0.4, -0.2) is 20.7 Å². The van der Waals surface area contributed by atoms with E-state index in [0.717, 1.165) is 31.0 Å². The molecule has 0 fully saturated rings. The van der Waals surface area contributed by atoms with Gasteiger partial charge in [-0.15, -0.1) is 10.2 Å². The lowest BCUT2D eigenvalue weighted by Crippen LogP contribution is -2.30. The summed E-state index contributed by atoms with van der Waals surface area (Å²) in [5.41, 5.74) is 0. The van der Waals surface area contributed by atoms with Crippen molar-refractivity contribution in [3.05, 3.63) is 11.6 Å². The molecule has 5 nitrogen and oxygen atoms in total. The SMILES string of the molecule is CC[C@@H](C)C(=O)NCc1nnc2n1CCCC2. The number of aryl methyl sites for hydroxylation is 1. The van der Waals surface area contributed by atoms with Crippen LogP contribution in [0.5, 0.6) is 0 Å². The molecule has 1 aromatic heterocycles. The molecular weight excluding hydrogens is 216 g/mol. The van der Waals surface area contributed by atoms with Crippen LogP contribution in [-0.2, 0) is 24.3 Å². The Labute approximate surface area is 102 Å². The first-order chi connectivity index (χ1) is 8.22. The second-order valence-corrected chi connectivity index (χ2v) is 4.67. The minimum atomic E-state index is 0.0683. The quantitative estimate of drug-likeness (QED) is 0.856. The Bertz CT molecular complexity index is 399.